The smallest absolute Gasteiger partial charge is 0.211 e. The molecular weight excluding hydrogens is 210 g/mol. The minimum absolute atomic E-state index is 0.299. The Labute approximate surface area is 85.1 Å². The zero-order chi connectivity index (χ0) is 10.1. The summed E-state index contributed by atoms with van der Waals surface area (Å²) < 4.78 is 24.4. The van der Waals surface area contributed by atoms with E-state index < -0.39 is 10.0 Å². The number of alkyl halides is 1. The number of nitrogens with zero attached hydrogens (tertiary/aromatic N) is 1. The summed E-state index contributed by atoms with van der Waals surface area (Å²) in [4.78, 5) is 0. The minimum Gasteiger partial charge on any atom is -0.211 e. The maximum atomic E-state index is 11.4. The second-order valence-electron chi connectivity index (χ2n) is 3.98. The summed E-state index contributed by atoms with van der Waals surface area (Å²) in [6.45, 7) is 5.40. The van der Waals surface area contributed by atoms with Crippen LogP contribution in [-0.2, 0) is 10.0 Å². The quantitative estimate of drug-likeness (QED) is 0.668. The third-order valence-electron chi connectivity index (χ3n) is 2.37. The van der Waals surface area contributed by atoms with Crippen LogP contribution in [0, 0.1) is 11.8 Å². The molecule has 0 aromatic heterocycles. The number of hydrogen-bond donors (Lipinski definition) is 0. The molecule has 0 aliphatic carbocycles. The highest BCUT2D eigenvalue weighted by Crippen LogP contribution is 2.23. The van der Waals surface area contributed by atoms with Crippen molar-refractivity contribution in [2.24, 2.45) is 11.8 Å². The largest absolute Gasteiger partial charge is 0.228 e. The van der Waals surface area contributed by atoms with Gasteiger partial charge in [-0.05, 0) is 18.3 Å². The molecule has 0 spiro atoms. The second kappa shape index (κ2) is 4.15. The Bertz CT molecular complexity index is 255. The van der Waals surface area contributed by atoms with Gasteiger partial charge in [0.25, 0.3) is 0 Å². The Morgan fingerprint density at radius 3 is 2.15 bits per heavy atom. The molecule has 0 radical (unpaired) electrons. The molecule has 1 heterocycles. The van der Waals surface area contributed by atoms with Crippen LogP contribution in [0.1, 0.15) is 20.3 Å². The summed E-state index contributed by atoms with van der Waals surface area (Å²) >= 11 is 5.39. The number of hydrogen-bond acceptors (Lipinski definition) is 2. The van der Waals surface area contributed by atoms with Gasteiger partial charge in [0.2, 0.25) is 10.0 Å². The second-order valence-corrected chi connectivity index (χ2v) is 6.54. The highest BCUT2D eigenvalue weighted by Gasteiger charge is 2.29. The molecule has 2 unspecified atom stereocenters. The van der Waals surface area contributed by atoms with Gasteiger partial charge in [0, 0.05) is 13.1 Å². The summed E-state index contributed by atoms with van der Waals surface area (Å²) in [5.74, 6) is 0.892. The zero-order valence-electron chi connectivity index (χ0n) is 8.03. The summed E-state index contributed by atoms with van der Waals surface area (Å²) in [5, 5.41) is -0.299. The van der Waals surface area contributed by atoms with Crippen LogP contribution in [0.3, 0.4) is 0 Å². The van der Waals surface area contributed by atoms with Gasteiger partial charge in [-0.2, -0.15) is 0 Å². The van der Waals surface area contributed by atoms with Gasteiger partial charge in [-0.1, -0.05) is 13.8 Å². The molecule has 2 atom stereocenters. The topological polar surface area (TPSA) is 37.4 Å². The fourth-order valence-corrected chi connectivity index (χ4v) is 3.42. The minimum atomic E-state index is -3.19. The van der Waals surface area contributed by atoms with Crippen molar-refractivity contribution >= 4 is 21.6 Å². The van der Waals surface area contributed by atoms with E-state index in [2.05, 4.69) is 13.8 Å². The molecule has 0 saturated carbocycles. The molecular formula is C8H16ClNO2S. The van der Waals surface area contributed by atoms with Crippen LogP contribution in [0.15, 0.2) is 0 Å². The molecule has 3 nitrogen and oxygen atoms in total. The Balaban J connectivity index is 2.71. The van der Waals surface area contributed by atoms with Crippen LogP contribution in [0.5, 0.6) is 0 Å². The zero-order valence-corrected chi connectivity index (χ0v) is 9.61. The third kappa shape index (κ3) is 2.82. The fraction of sp³-hybridized carbons (Fsp3) is 1.00. The fourth-order valence-electron chi connectivity index (χ4n) is 1.90. The molecule has 78 valence electrons. The van der Waals surface area contributed by atoms with E-state index in [0.717, 1.165) is 6.42 Å². The average molecular weight is 226 g/mol. The molecule has 0 aromatic rings. The van der Waals surface area contributed by atoms with E-state index in [1.807, 2.05) is 0 Å². The van der Waals surface area contributed by atoms with Crippen molar-refractivity contribution in [2.45, 2.75) is 20.3 Å². The molecule has 1 fully saturated rings. The Morgan fingerprint density at radius 1 is 1.31 bits per heavy atom. The Kier molecular flexibility index (Phi) is 3.60. The van der Waals surface area contributed by atoms with E-state index in [-0.39, 0.29) is 5.21 Å². The first-order valence-corrected chi connectivity index (χ1v) is 6.64. The van der Waals surface area contributed by atoms with Crippen LogP contribution >= 0.6 is 11.6 Å². The maximum Gasteiger partial charge on any atom is 0.228 e. The lowest BCUT2D eigenvalue weighted by molar-refractivity contribution is 0.223. The van der Waals surface area contributed by atoms with E-state index in [0.29, 0.717) is 24.9 Å². The van der Waals surface area contributed by atoms with Gasteiger partial charge in [0.05, 0.1) is 0 Å². The van der Waals surface area contributed by atoms with Gasteiger partial charge < -0.3 is 0 Å². The molecule has 0 bridgehead atoms. The molecule has 1 aliphatic heterocycles. The van der Waals surface area contributed by atoms with Crippen molar-refractivity contribution < 1.29 is 8.42 Å². The van der Waals surface area contributed by atoms with E-state index in [1.165, 1.54) is 4.31 Å². The van der Waals surface area contributed by atoms with Crippen molar-refractivity contribution in [1.29, 1.82) is 0 Å². The Morgan fingerprint density at radius 2 is 1.77 bits per heavy atom. The average Bonchev–Trinajstić information content (AvgIpc) is 2.02. The van der Waals surface area contributed by atoms with Crippen molar-refractivity contribution in [2.75, 3.05) is 18.3 Å². The first-order chi connectivity index (χ1) is 5.95. The molecule has 0 amide bonds. The lowest BCUT2D eigenvalue weighted by Crippen LogP contribution is -2.42. The van der Waals surface area contributed by atoms with Gasteiger partial charge >= 0.3 is 0 Å². The predicted molar refractivity (Wildman–Crippen MR) is 54.2 cm³/mol. The first kappa shape index (κ1) is 11.3. The van der Waals surface area contributed by atoms with Crippen molar-refractivity contribution in [1.82, 2.24) is 4.31 Å². The molecule has 13 heavy (non-hydrogen) atoms. The number of piperidine rings is 1. The van der Waals surface area contributed by atoms with Crippen molar-refractivity contribution in [3.8, 4) is 0 Å². The Hall–Kier alpha value is 0.200. The van der Waals surface area contributed by atoms with E-state index in [4.69, 9.17) is 11.6 Å². The van der Waals surface area contributed by atoms with Gasteiger partial charge in [0.15, 0.2) is 0 Å². The SMILES string of the molecule is CC1CC(C)CN(S(=O)(=O)CCl)C1. The molecule has 0 N–H and O–H groups in total. The van der Waals surface area contributed by atoms with Gasteiger partial charge in [-0.15, -0.1) is 11.6 Å². The normalized spacial score (nSPS) is 31.9. The van der Waals surface area contributed by atoms with Crippen molar-refractivity contribution in [3.05, 3.63) is 0 Å². The lowest BCUT2D eigenvalue weighted by Gasteiger charge is -2.33. The van der Waals surface area contributed by atoms with Crippen LogP contribution in [-0.4, -0.2) is 31.0 Å². The number of rotatable bonds is 2. The molecule has 5 heteroatoms. The molecule has 1 saturated heterocycles. The molecule has 1 aliphatic rings. The van der Waals surface area contributed by atoms with Crippen LogP contribution in [0.4, 0.5) is 0 Å². The standard InChI is InChI=1S/C8H16ClNO2S/c1-7-3-8(2)5-10(4-7)13(11,12)6-9/h7-8H,3-6H2,1-2H3. The van der Waals surface area contributed by atoms with Gasteiger partial charge in [-0.3, -0.25) is 0 Å². The maximum absolute atomic E-state index is 11.4. The van der Waals surface area contributed by atoms with Gasteiger partial charge in [-0.25, -0.2) is 12.7 Å². The summed E-state index contributed by atoms with van der Waals surface area (Å²) in [5.41, 5.74) is 0. The third-order valence-corrected chi connectivity index (χ3v) is 4.55. The van der Waals surface area contributed by atoms with Crippen LogP contribution < -0.4 is 0 Å². The van der Waals surface area contributed by atoms with E-state index in [1.54, 1.807) is 0 Å². The van der Waals surface area contributed by atoms with Gasteiger partial charge in [0.1, 0.15) is 5.21 Å². The highest BCUT2D eigenvalue weighted by atomic mass is 35.5. The van der Waals surface area contributed by atoms with E-state index >= 15 is 0 Å². The monoisotopic (exact) mass is 225 g/mol. The summed E-state index contributed by atoms with van der Waals surface area (Å²) in [6, 6.07) is 0. The number of halogens is 1. The number of sulfonamides is 1. The first-order valence-electron chi connectivity index (χ1n) is 4.49. The predicted octanol–water partition coefficient (Wildman–Crippen LogP) is 1.49. The lowest BCUT2D eigenvalue weighted by atomic mass is 9.94. The van der Waals surface area contributed by atoms with Crippen LogP contribution in [0.2, 0.25) is 0 Å². The van der Waals surface area contributed by atoms with Crippen molar-refractivity contribution in [3.63, 3.8) is 0 Å². The molecule has 1 rings (SSSR count). The summed E-state index contributed by atoms with van der Waals surface area (Å²) in [7, 11) is -3.19. The van der Waals surface area contributed by atoms with Crippen LogP contribution in [0.25, 0.3) is 0 Å². The summed E-state index contributed by atoms with van der Waals surface area (Å²) in [6.07, 6.45) is 1.11. The van der Waals surface area contributed by atoms with E-state index in [9.17, 15) is 8.42 Å². The molecule has 0 aromatic carbocycles. The highest BCUT2D eigenvalue weighted by molar-refractivity contribution is 7.90.